The molecule has 2 rings (SSSR count). The monoisotopic (exact) mass is 244 g/mol. The summed E-state index contributed by atoms with van der Waals surface area (Å²) < 4.78 is 0. The number of urea groups is 1. The Labute approximate surface area is 106 Å². The first-order valence-electron chi connectivity index (χ1n) is 6.11. The van der Waals surface area contributed by atoms with Crippen LogP contribution >= 0.6 is 0 Å². The van der Waals surface area contributed by atoms with Gasteiger partial charge in [-0.05, 0) is 30.9 Å². The number of pyridine rings is 1. The molecule has 1 aromatic heterocycles. The van der Waals surface area contributed by atoms with Crippen LogP contribution < -0.4 is 5.32 Å². The van der Waals surface area contributed by atoms with Gasteiger partial charge in [0.1, 0.15) is 11.9 Å². The van der Waals surface area contributed by atoms with Crippen molar-refractivity contribution in [3.8, 4) is 6.07 Å². The SMILES string of the molecule is CC1CCCN(C(=O)Nc2ccc(C#N)cn2)C1. The van der Waals surface area contributed by atoms with Crippen molar-refractivity contribution in [1.29, 1.82) is 5.26 Å². The highest BCUT2D eigenvalue weighted by atomic mass is 16.2. The average molecular weight is 244 g/mol. The summed E-state index contributed by atoms with van der Waals surface area (Å²) in [5.74, 6) is 1.04. The van der Waals surface area contributed by atoms with Crippen LogP contribution in [0.3, 0.4) is 0 Å². The first kappa shape index (κ1) is 12.4. The number of carbonyl (C=O) groups excluding carboxylic acids is 1. The Morgan fingerprint density at radius 2 is 2.44 bits per heavy atom. The summed E-state index contributed by atoms with van der Waals surface area (Å²) in [5, 5.41) is 11.4. The van der Waals surface area contributed by atoms with Gasteiger partial charge in [-0.25, -0.2) is 9.78 Å². The molecule has 5 nitrogen and oxygen atoms in total. The van der Waals surface area contributed by atoms with Gasteiger partial charge >= 0.3 is 6.03 Å². The summed E-state index contributed by atoms with van der Waals surface area (Å²) in [6, 6.07) is 5.16. The highest BCUT2D eigenvalue weighted by Crippen LogP contribution is 2.16. The number of nitriles is 1. The Bertz CT molecular complexity index is 463. The zero-order valence-corrected chi connectivity index (χ0v) is 10.4. The lowest BCUT2D eigenvalue weighted by Crippen LogP contribution is -2.41. The summed E-state index contributed by atoms with van der Waals surface area (Å²) >= 11 is 0. The highest BCUT2D eigenvalue weighted by molar-refractivity contribution is 5.88. The molecule has 1 saturated heterocycles. The molecule has 1 aliphatic rings. The van der Waals surface area contributed by atoms with Crippen molar-refractivity contribution < 1.29 is 4.79 Å². The molecule has 0 spiro atoms. The van der Waals surface area contributed by atoms with Crippen LogP contribution in [0.15, 0.2) is 18.3 Å². The Balaban J connectivity index is 1.96. The van der Waals surface area contributed by atoms with E-state index in [2.05, 4.69) is 17.2 Å². The van der Waals surface area contributed by atoms with Crippen LogP contribution in [0, 0.1) is 17.2 Å². The molecular weight excluding hydrogens is 228 g/mol. The number of anilines is 1. The standard InChI is InChI=1S/C13H16N4O/c1-10-3-2-6-17(9-10)13(18)16-12-5-4-11(7-14)8-15-12/h4-5,8,10H,2-3,6,9H2,1H3,(H,15,16,18). The number of nitrogens with one attached hydrogen (secondary N) is 1. The molecule has 5 heteroatoms. The van der Waals surface area contributed by atoms with Gasteiger partial charge in [-0.3, -0.25) is 5.32 Å². The quantitative estimate of drug-likeness (QED) is 0.823. The van der Waals surface area contributed by atoms with Gasteiger partial charge in [-0.2, -0.15) is 5.26 Å². The average Bonchev–Trinajstić information content (AvgIpc) is 2.39. The van der Waals surface area contributed by atoms with Crippen LogP contribution in [-0.4, -0.2) is 29.0 Å². The van der Waals surface area contributed by atoms with E-state index in [4.69, 9.17) is 5.26 Å². The third-order valence-corrected chi connectivity index (χ3v) is 3.07. The van der Waals surface area contributed by atoms with E-state index in [1.165, 1.54) is 12.6 Å². The van der Waals surface area contributed by atoms with Crippen molar-refractivity contribution in [3.05, 3.63) is 23.9 Å². The molecule has 18 heavy (non-hydrogen) atoms. The highest BCUT2D eigenvalue weighted by Gasteiger charge is 2.20. The fourth-order valence-electron chi connectivity index (χ4n) is 2.10. The smallest absolute Gasteiger partial charge is 0.323 e. The zero-order valence-electron chi connectivity index (χ0n) is 10.4. The number of amides is 2. The number of piperidine rings is 1. The second-order valence-corrected chi connectivity index (χ2v) is 4.67. The van der Waals surface area contributed by atoms with Crippen LogP contribution in [0.1, 0.15) is 25.3 Å². The molecule has 1 fully saturated rings. The van der Waals surface area contributed by atoms with Gasteiger partial charge in [-0.1, -0.05) is 6.92 Å². The van der Waals surface area contributed by atoms with Crippen LogP contribution in [0.5, 0.6) is 0 Å². The van der Waals surface area contributed by atoms with Gasteiger partial charge in [0.2, 0.25) is 0 Å². The Kier molecular flexibility index (Phi) is 3.78. The van der Waals surface area contributed by atoms with Gasteiger partial charge < -0.3 is 4.90 Å². The Hall–Kier alpha value is -2.09. The maximum absolute atomic E-state index is 12.0. The van der Waals surface area contributed by atoms with E-state index in [0.717, 1.165) is 19.5 Å². The van der Waals surface area contributed by atoms with E-state index in [-0.39, 0.29) is 6.03 Å². The van der Waals surface area contributed by atoms with E-state index >= 15 is 0 Å². The Morgan fingerprint density at radius 1 is 1.61 bits per heavy atom. The minimum atomic E-state index is -0.112. The van der Waals surface area contributed by atoms with Gasteiger partial charge in [-0.15, -0.1) is 0 Å². The first-order valence-corrected chi connectivity index (χ1v) is 6.11. The van der Waals surface area contributed by atoms with Crippen molar-refractivity contribution in [2.24, 2.45) is 5.92 Å². The van der Waals surface area contributed by atoms with Crippen LogP contribution in [-0.2, 0) is 0 Å². The Morgan fingerprint density at radius 3 is 3.06 bits per heavy atom. The van der Waals surface area contributed by atoms with Crippen LogP contribution in [0.25, 0.3) is 0 Å². The number of aromatic nitrogens is 1. The number of likely N-dealkylation sites (tertiary alicyclic amines) is 1. The first-order chi connectivity index (χ1) is 8.69. The van der Waals surface area contributed by atoms with E-state index in [0.29, 0.717) is 17.3 Å². The van der Waals surface area contributed by atoms with Gasteiger partial charge in [0.05, 0.1) is 5.56 Å². The van der Waals surface area contributed by atoms with Crippen molar-refractivity contribution in [3.63, 3.8) is 0 Å². The van der Waals surface area contributed by atoms with E-state index in [9.17, 15) is 4.79 Å². The maximum Gasteiger partial charge on any atom is 0.323 e. The summed E-state index contributed by atoms with van der Waals surface area (Å²) in [6.45, 7) is 3.74. The number of hydrogen-bond donors (Lipinski definition) is 1. The predicted octanol–water partition coefficient (Wildman–Crippen LogP) is 2.22. The maximum atomic E-state index is 12.0. The summed E-state index contributed by atoms with van der Waals surface area (Å²) in [4.78, 5) is 17.8. The van der Waals surface area contributed by atoms with Gasteiger partial charge in [0.25, 0.3) is 0 Å². The normalized spacial score (nSPS) is 19.1. The number of nitrogens with zero attached hydrogens (tertiary/aromatic N) is 3. The lowest BCUT2D eigenvalue weighted by atomic mass is 10.0. The largest absolute Gasteiger partial charge is 0.324 e. The topological polar surface area (TPSA) is 69.0 Å². The van der Waals surface area contributed by atoms with Crippen molar-refractivity contribution in [1.82, 2.24) is 9.88 Å². The molecule has 2 amide bonds. The third-order valence-electron chi connectivity index (χ3n) is 3.07. The molecule has 0 saturated carbocycles. The predicted molar refractivity (Wildman–Crippen MR) is 67.9 cm³/mol. The molecule has 1 unspecified atom stereocenters. The van der Waals surface area contributed by atoms with Crippen LogP contribution in [0.4, 0.5) is 10.6 Å². The lowest BCUT2D eigenvalue weighted by molar-refractivity contribution is 0.182. The van der Waals surface area contributed by atoms with Gasteiger partial charge in [0, 0.05) is 19.3 Å². The van der Waals surface area contributed by atoms with Crippen molar-refractivity contribution in [2.45, 2.75) is 19.8 Å². The molecule has 1 atom stereocenters. The fourth-order valence-corrected chi connectivity index (χ4v) is 2.10. The summed E-state index contributed by atoms with van der Waals surface area (Å²) in [5.41, 5.74) is 0.486. The third kappa shape index (κ3) is 2.98. The molecule has 2 heterocycles. The molecule has 0 aromatic carbocycles. The number of carbonyl (C=O) groups is 1. The zero-order chi connectivity index (χ0) is 13.0. The fraction of sp³-hybridized carbons (Fsp3) is 0.462. The lowest BCUT2D eigenvalue weighted by Gasteiger charge is -2.30. The van der Waals surface area contributed by atoms with Crippen molar-refractivity contribution in [2.75, 3.05) is 18.4 Å². The minimum Gasteiger partial charge on any atom is -0.324 e. The molecule has 0 aliphatic carbocycles. The molecule has 0 radical (unpaired) electrons. The number of rotatable bonds is 1. The van der Waals surface area contributed by atoms with Crippen LogP contribution in [0.2, 0.25) is 0 Å². The summed E-state index contributed by atoms with van der Waals surface area (Å²) in [6.07, 6.45) is 3.68. The molecular formula is C13H16N4O. The molecule has 0 bridgehead atoms. The molecule has 94 valence electrons. The molecule has 1 aromatic rings. The van der Waals surface area contributed by atoms with E-state index < -0.39 is 0 Å². The second kappa shape index (κ2) is 5.50. The summed E-state index contributed by atoms with van der Waals surface area (Å²) in [7, 11) is 0. The molecule has 1 aliphatic heterocycles. The van der Waals surface area contributed by atoms with Crippen molar-refractivity contribution >= 4 is 11.8 Å². The minimum absolute atomic E-state index is 0.112. The van der Waals surface area contributed by atoms with E-state index in [1.54, 1.807) is 12.1 Å². The molecule has 1 N–H and O–H groups in total. The number of hydrogen-bond acceptors (Lipinski definition) is 3. The second-order valence-electron chi connectivity index (χ2n) is 4.67. The van der Waals surface area contributed by atoms with E-state index in [1.807, 2.05) is 11.0 Å². The van der Waals surface area contributed by atoms with Gasteiger partial charge in [0.15, 0.2) is 0 Å².